The highest BCUT2D eigenvalue weighted by Gasteiger charge is 2.20. The van der Waals surface area contributed by atoms with Crippen LogP contribution in [0.3, 0.4) is 0 Å². The van der Waals surface area contributed by atoms with E-state index in [-0.39, 0.29) is 42.0 Å². The number of nitrogens with one attached hydrogen (secondary N) is 2. The molecule has 5 N–H and O–H groups in total. The van der Waals surface area contributed by atoms with Crippen molar-refractivity contribution in [3.8, 4) is 11.5 Å². The van der Waals surface area contributed by atoms with Crippen LogP contribution in [0, 0.1) is 17.5 Å². The van der Waals surface area contributed by atoms with E-state index >= 15 is 0 Å². The Morgan fingerprint density at radius 1 is 1.14 bits per heavy atom. The smallest absolute Gasteiger partial charge is 0.315 e. The summed E-state index contributed by atoms with van der Waals surface area (Å²) in [6.07, 6.45) is 0.633. The van der Waals surface area contributed by atoms with Gasteiger partial charge in [0.05, 0.1) is 23.5 Å². The molecule has 0 aliphatic heterocycles. The van der Waals surface area contributed by atoms with Crippen LogP contribution in [0.4, 0.5) is 30.6 Å². The predicted molar refractivity (Wildman–Crippen MR) is 102 cm³/mol. The van der Waals surface area contributed by atoms with Crippen LogP contribution in [0.15, 0.2) is 34.7 Å². The molecule has 0 bridgehead atoms. The van der Waals surface area contributed by atoms with Crippen LogP contribution >= 0.6 is 0 Å². The fourth-order valence-corrected chi connectivity index (χ4v) is 2.55. The fourth-order valence-electron chi connectivity index (χ4n) is 2.55. The van der Waals surface area contributed by atoms with Gasteiger partial charge in [-0.15, -0.1) is 5.10 Å². The highest BCUT2D eigenvalue weighted by Crippen LogP contribution is 2.34. The minimum absolute atomic E-state index is 0.0157. The highest BCUT2D eigenvalue weighted by atomic mass is 19.2. The lowest BCUT2D eigenvalue weighted by molar-refractivity contribution is 0.270. The molecule has 2 aromatic carbocycles. The molecule has 0 spiro atoms. The van der Waals surface area contributed by atoms with Gasteiger partial charge in [-0.2, -0.15) is 0 Å². The molecule has 0 saturated heterocycles. The summed E-state index contributed by atoms with van der Waals surface area (Å²) >= 11 is 0. The van der Waals surface area contributed by atoms with Gasteiger partial charge in [0.1, 0.15) is 5.82 Å². The largest absolute Gasteiger partial charge is 0.403 e. The van der Waals surface area contributed by atoms with Gasteiger partial charge in [0.2, 0.25) is 0 Å². The minimum atomic E-state index is -1.21. The second-order valence-electron chi connectivity index (χ2n) is 6.31. The maximum absolute atomic E-state index is 14.5. The molecule has 0 fully saturated rings. The number of nitrogens with two attached hydrogens (primary N) is 1. The Hall–Kier alpha value is -3.11. The third-order valence-corrected chi connectivity index (χ3v) is 4.20. The molecule has 0 amide bonds. The summed E-state index contributed by atoms with van der Waals surface area (Å²) in [5.41, 5.74) is 6.03. The molecule has 1 heterocycles. The fraction of sp³-hybridized carbons (Fsp3) is 0.263. The summed E-state index contributed by atoms with van der Waals surface area (Å²) in [5.74, 6) is -3.05. The van der Waals surface area contributed by atoms with E-state index in [9.17, 15) is 13.2 Å². The van der Waals surface area contributed by atoms with Crippen molar-refractivity contribution in [1.29, 1.82) is 0 Å². The van der Waals surface area contributed by atoms with Crippen molar-refractivity contribution in [2.24, 2.45) is 5.73 Å². The first-order valence-corrected chi connectivity index (χ1v) is 8.90. The van der Waals surface area contributed by atoms with E-state index in [1.807, 2.05) is 6.92 Å². The zero-order chi connectivity index (χ0) is 21.0. The van der Waals surface area contributed by atoms with Crippen molar-refractivity contribution in [2.75, 3.05) is 23.8 Å². The predicted octanol–water partition coefficient (Wildman–Crippen LogP) is 3.19. The lowest BCUT2D eigenvalue weighted by Gasteiger charge is -2.13. The van der Waals surface area contributed by atoms with Crippen molar-refractivity contribution in [3.63, 3.8) is 0 Å². The molecule has 29 heavy (non-hydrogen) atoms. The number of benzene rings is 2. The number of anilines is 3. The minimum Gasteiger partial charge on any atom is -0.403 e. The molecule has 10 heteroatoms. The van der Waals surface area contributed by atoms with Gasteiger partial charge in [0.25, 0.3) is 5.89 Å². The molecular weight excluding hydrogens is 387 g/mol. The number of halogens is 3. The molecule has 0 radical (unpaired) electrons. The van der Waals surface area contributed by atoms with Crippen LogP contribution in [0.2, 0.25) is 0 Å². The molecule has 0 unspecified atom stereocenters. The average Bonchev–Trinajstić information content (AvgIpc) is 3.19. The first-order valence-electron chi connectivity index (χ1n) is 8.90. The van der Waals surface area contributed by atoms with Crippen molar-refractivity contribution in [3.05, 3.63) is 53.3 Å². The van der Waals surface area contributed by atoms with Crippen molar-refractivity contribution < 1.29 is 22.7 Å². The van der Waals surface area contributed by atoms with E-state index in [0.29, 0.717) is 6.42 Å². The molecule has 1 aromatic heterocycles. The molecule has 3 rings (SSSR count). The first-order chi connectivity index (χ1) is 13.9. The second-order valence-corrected chi connectivity index (χ2v) is 6.31. The van der Waals surface area contributed by atoms with Gasteiger partial charge < -0.3 is 25.9 Å². The lowest BCUT2D eigenvalue weighted by Crippen LogP contribution is -2.32. The Bertz CT molecular complexity index is 996. The number of aromatic nitrogens is 2. The zero-order valence-corrected chi connectivity index (χ0v) is 15.5. The van der Waals surface area contributed by atoms with E-state index in [0.717, 1.165) is 11.6 Å². The molecule has 7 nitrogen and oxygen atoms in total. The molecular formula is C19H20F3N5O2. The van der Waals surface area contributed by atoms with Crippen LogP contribution in [0.1, 0.15) is 12.5 Å². The van der Waals surface area contributed by atoms with Crippen molar-refractivity contribution >= 4 is 17.4 Å². The molecule has 0 aliphatic rings. The van der Waals surface area contributed by atoms with Gasteiger partial charge in [-0.1, -0.05) is 18.1 Å². The molecule has 154 valence electrons. The highest BCUT2D eigenvalue weighted by molar-refractivity contribution is 5.78. The Kier molecular flexibility index (Phi) is 6.35. The van der Waals surface area contributed by atoms with Gasteiger partial charge in [-0.3, -0.25) is 0 Å². The number of aliphatic hydroxyl groups excluding tert-OH is 1. The number of nitrogens with zero attached hydrogens (tertiary/aromatic N) is 2. The topological polar surface area (TPSA) is 109 Å². The Morgan fingerprint density at radius 3 is 2.62 bits per heavy atom. The van der Waals surface area contributed by atoms with E-state index < -0.39 is 23.5 Å². The summed E-state index contributed by atoms with van der Waals surface area (Å²) in [5, 5.41) is 21.8. The normalized spacial score (nSPS) is 12.1. The van der Waals surface area contributed by atoms with Crippen LogP contribution in [-0.4, -0.2) is 34.5 Å². The van der Waals surface area contributed by atoms with E-state index in [2.05, 4.69) is 20.8 Å². The Labute approximate surface area is 164 Å². The maximum Gasteiger partial charge on any atom is 0.315 e. The van der Waals surface area contributed by atoms with E-state index in [4.69, 9.17) is 15.3 Å². The van der Waals surface area contributed by atoms with Crippen molar-refractivity contribution in [1.82, 2.24) is 10.2 Å². The third kappa shape index (κ3) is 4.66. The third-order valence-electron chi connectivity index (χ3n) is 4.20. The molecule has 0 saturated carbocycles. The number of aryl methyl sites for hydroxylation is 1. The van der Waals surface area contributed by atoms with E-state index in [1.54, 1.807) is 6.07 Å². The summed E-state index contributed by atoms with van der Waals surface area (Å²) in [4.78, 5) is 0. The summed E-state index contributed by atoms with van der Waals surface area (Å²) < 4.78 is 48.1. The van der Waals surface area contributed by atoms with Gasteiger partial charge in [0.15, 0.2) is 11.6 Å². The van der Waals surface area contributed by atoms with Gasteiger partial charge >= 0.3 is 6.01 Å². The monoisotopic (exact) mass is 407 g/mol. The molecule has 0 aliphatic carbocycles. The molecule has 1 atom stereocenters. The summed E-state index contributed by atoms with van der Waals surface area (Å²) in [6, 6.07) is 6.04. The lowest BCUT2D eigenvalue weighted by atomic mass is 10.1. The Morgan fingerprint density at radius 2 is 1.93 bits per heavy atom. The first kappa shape index (κ1) is 20.6. The number of rotatable bonds is 8. The van der Waals surface area contributed by atoms with Crippen LogP contribution in [0.25, 0.3) is 11.5 Å². The summed E-state index contributed by atoms with van der Waals surface area (Å²) in [6.45, 7) is 1.80. The van der Waals surface area contributed by atoms with E-state index in [1.165, 1.54) is 18.2 Å². The van der Waals surface area contributed by atoms with Crippen LogP contribution in [-0.2, 0) is 6.42 Å². The van der Waals surface area contributed by atoms with Gasteiger partial charge in [-0.05, 0) is 36.2 Å². The summed E-state index contributed by atoms with van der Waals surface area (Å²) in [7, 11) is 0. The number of hydrogen-bond donors (Lipinski definition) is 4. The van der Waals surface area contributed by atoms with Crippen LogP contribution in [0.5, 0.6) is 0 Å². The molecule has 3 aromatic rings. The van der Waals surface area contributed by atoms with Gasteiger partial charge in [0, 0.05) is 12.6 Å². The zero-order valence-electron chi connectivity index (χ0n) is 15.5. The number of hydrogen-bond acceptors (Lipinski definition) is 7. The quantitative estimate of drug-likeness (QED) is 0.454. The number of aliphatic hydroxyl groups is 1. The second kappa shape index (κ2) is 8.93. The Balaban J connectivity index is 1.93. The van der Waals surface area contributed by atoms with Crippen molar-refractivity contribution in [2.45, 2.75) is 19.4 Å². The standard InChI is InChI=1S/C19H20F3N5O2/c1-2-10-3-6-15(14(21)7-10)25-17-12(4-5-13(20)16(17)22)18-26-27-19(29-18)24-8-11(23)9-28/h3-7,11,25,28H,2,8-9,23H2,1H3,(H,24,27)/t11-/m0/s1. The van der Waals surface area contributed by atoms with Gasteiger partial charge in [-0.25, -0.2) is 13.2 Å². The average molecular weight is 407 g/mol. The SMILES string of the molecule is CCc1ccc(Nc2c(-c3nnc(NC[C@H](N)CO)o3)ccc(F)c2F)c(F)c1. The van der Waals surface area contributed by atoms with Crippen LogP contribution < -0.4 is 16.4 Å². The maximum atomic E-state index is 14.5.